The third kappa shape index (κ3) is 4.48. The monoisotopic (exact) mass is 375 g/mol. The van der Waals surface area contributed by atoms with Gasteiger partial charge in [-0.25, -0.2) is 9.59 Å². The Bertz CT molecular complexity index is 928. The second kappa shape index (κ2) is 8.24. The van der Waals surface area contributed by atoms with E-state index < -0.39 is 23.5 Å². The van der Waals surface area contributed by atoms with Gasteiger partial charge in [0.1, 0.15) is 17.4 Å². The van der Waals surface area contributed by atoms with Gasteiger partial charge in [0, 0.05) is 10.9 Å². The van der Waals surface area contributed by atoms with Gasteiger partial charge < -0.3 is 19.6 Å². The molecule has 1 amide bonds. The van der Waals surface area contributed by atoms with Gasteiger partial charge >= 0.3 is 11.6 Å². The quantitative estimate of drug-likeness (QED) is 0.721. The Morgan fingerprint density at radius 1 is 1.22 bits per heavy atom. The first kappa shape index (κ1) is 20.5. The van der Waals surface area contributed by atoms with E-state index in [1.54, 1.807) is 26.0 Å². The van der Waals surface area contributed by atoms with E-state index in [1.807, 2.05) is 13.8 Å². The molecule has 0 aliphatic rings. The van der Waals surface area contributed by atoms with E-state index in [9.17, 15) is 19.5 Å². The van der Waals surface area contributed by atoms with Crippen molar-refractivity contribution in [1.82, 2.24) is 5.32 Å². The summed E-state index contributed by atoms with van der Waals surface area (Å²) in [6.45, 7) is 7.29. The maximum Gasteiger partial charge on any atom is 0.340 e. The van der Waals surface area contributed by atoms with E-state index in [4.69, 9.17) is 9.15 Å². The molecule has 7 nitrogen and oxygen atoms in total. The largest absolute Gasteiger partial charge is 0.496 e. The predicted octanol–water partition coefficient (Wildman–Crippen LogP) is 2.58. The summed E-state index contributed by atoms with van der Waals surface area (Å²) in [7, 11) is 1.54. The van der Waals surface area contributed by atoms with Crippen LogP contribution in [-0.2, 0) is 16.0 Å². The van der Waals surface area contributed by atoms with Crippen LogP contribution in [0.5, 0.6) is 5.75 Å². The van der Waals surface area contributed by atoms with E-state index in [0.29, 0.717) is 34.3 Å². The fraction of sp³-hybridized carbons (Fsp3) is 0.450. The number of carbonyl (C=O) groups is 2. The highest BCUT2D eigenvalue weighted by atomic mass is 16.5. The maximum atomic E-state index is 12.4. The summed E-state index contributed by atoms with van der Waals surface area (Å²) < 4.78 is 10.7. The van der Waals surface area contributed by atoms with Crippen LogP contribution in [0, 0.1) is 19.8 Å². The predicted molar refractivity (Wildman–Crippen MR) is 101 cm³/mol. The highest BCUT2D eigenvalue weighted by Gasteiger charge is 2.23. The van der Waals surface area contributed by atoms with Crippen LogP contribution in [0.4, 0.5) is 0 Å². The van der Waals surface area contributed by atoms with Gasteiger partial charge in [-0.05, 0) is 43.9 Å². The molecule has 0 aliphatic carbocycles. The van der Waals surface area contributed by atoms with E-state index in [1.165, 1.54) is 7.11 Å². The number of aliphatic carboxylic acids is 1. The third-order valence-corrected chi connectivity index (χ3v) is 4.55. The van der Waals surface area contributed by atoms with E-state index in [0.717, 1.165) is 0 Å². The minimum Gasteiger partial charge on any atom is -0.496 e. The molecular weight excluding hydrogens is 350 g/mol. The Balaban J connectivity index is 2.35. The molecular formula is C20H25NO6. The lowest BCUT2D eigenvalue weighted by Crippen LogP contribution is -2.42. The van der Waals surface area contributed by atoms with Gasteiger partial charge in [-0.2, -0.15) is 0 Å². The Morgan fingerprint density at radius 3 is 2.44 bits per heavy atom. The maximum absolute atomic E-state index is 12.4. The molecule has 146 valence electrons. The molecule has 0 spiro atoms. The van der Waals surface area contributed by atoms with Crippen molar-refractivity contribution in [2.24, 2.45) is 5.92 Å². The minimum atomic E-state index is -1.10. The molecule has 2 N–H and O–H groups in total. The fourth-order valence-corrected chi connectivity index (χ4v) is 3.10. The smallest absolute Gasteiger partial charge is 0.340 e. The number of hydrogen-bond donors (Lipinski definition) is 2. The molecule has 0 saturated carbocycles. The fourth-order valence-electron chi connectivity index (χ4n) is 3.10. The van der Waals surface area contributed by atoms with Crippen molar-refractivity contribution in [1.29, 1.82) is 0 Å². The van der Waals surface area contributed by atoms with Gasteiger partial charge in [-0.15, -0.1) is 0 Å². The van der Waals surface area contributed by atoms with E-state index in [-0.39, 0.29) is 17.9 Å². The molecule has 1 aromatic carbocycles. The Morgan fingerprint density at radius 2 is 1.89 bits per heavy atom. The number of rotatable bonds is 7. The van der Waals surface area contributed by atoms with Crippen molar-refractivity contribution in [3.05, 3.63) is 39.2 Å². The van der Waals surface area contributed by atoms with Crippen LogP contribution < -0.4 is 15.7 Å². The summed E-state index contributed by atoms with van der Waals surface area (Å²) in [6, 6.07) is 2.56. The number of carboxylic acids is 1. The summed E-state index contributed by atoms with van der Waals surface area (Å²) in [6.07, 6.45) is 0.0719. The molecule has 0 aliphatic heterocycles. The lowest BCUT2D eigenvalue weighted by atomic mass is 10.0. The first-order valence-electron chi connectivity index (χ1n) is 8.77. The average Bonchev–Trinajstić information content (AvgIpc) is 2.58. The lowest BCUT2D eigenvalue weighted by molar-refractivity contribution is -0.142. The highest BCUT2D eigenvalue weighted by Crippen LogP contribution is 2.29. The number of hydrogen-bond acceptors (Lipinski definition) is 5. The third-order valence-electron chi connectivity index (χ3n) is 4.55. The summed E-state index contributed by atoms with van der Waals surface area (Å²) in [5, 5.41) is 12.5. The zero-order valence-electron chi connectivity index (χ0n) is 16.2. The molecule has 1 aromatic heterocycles. The topological polar surface area (TPSA) is 106 Å². The van der Waals surface area contributed by atoms with Crippen LogP contribution >= 0.6 is 0 Å². The van der Waals surface area contributed by atoms with Crippen molar-refractivity contribution in [2.75, 3.05) is 7.11 Å². The second-order valence-corrected chi connectivity index (χ2v) is 7.03. The van der Waals surface area contributed by atoms with Crippen LogP contribution in [0.2, 0.25) is 0 Å². The number of benzene rings is 1. The summed E-state index contributed by atoms with van der Waals surface area (Å²) in [5.74, 6) is -0.907. The molecule has 1 atom stereocenters. The zero-order valence-corrected chi connectivity index (χ0v) is 16.2. The van der Waals surface area contributed by atoms with Crippen molar-refractivity contribution in [2.45, 2.75) is 46.6 Å². The van der Waals surface area contributed by atoms with Crippen LogP contribution in [0.1, 0.15) is 37.0 Å². The molecule has 2 rings (SSSR count). The first-order chi connectivity index (χ1) is 12.6. The van der Waals surface area contributed by atoms with Crippen LogP contribution in [0.3, 0.4) is 0 Å². The number of aryl methyl sites for hydroxylation is 2. The zero-order chi connectivity index (χ0) is 20.3. The average molecular weight is 375 g/mol. The molecule has 7 heteroatoms. The van der Waals surface area contributed by atoms with Crippen LogP contribution in [0.15, 0.2) is 21.3 Å². The molecule has 1 heterocycles. The SMILES string of the molecule is COc1ccc2c(C)c(CC(=O)NC(CC(C)C)C(=O)O)c(=O)oc2c1C. The number of fused-ring (bicyclic) bond motifs is 1. The first-order valence-corrected chi connectivity index (χ1v) is 8.77. The number of amides is 1. The van der Waals surface area contributed by atoms with Gasteiger partial charge in [0.25, 0.3) is 0 Å². The Hall–Kier alpha value is -2.83. The molecule has 0 bridgehead atoms. The minimum absolute atomic E-state index is 0.108. The standard InChI is InChI=1S/C20H25NO6/c1-10(2)8-15(19(23)24)21-17(22)9-14-11(3)13-6-7-16(26-5)12(4)18(13)27-20(14)25/h6-7,10,15H,8-9H2,1-5H3,(H,21,22)(H,23,24). The van der Waals surface area contributed by atoms with Crippen molar-refractivity contribution >= 4 is 22.8 Å². The molecule has 0 saturated heterocycles. The number of ether oxygens (including phenoxy) is 1. The summed E-state index contributed by atoms with van der Waals surface area (Å²) in [5.41, 5.74) is 1.37. The molecule has 2 aromatic rings. The molecule has 0 fully saturated rings. The summed E-state index contributed by atoms with van der Waals surface area (Å²) >= 11 is 0. The number of carboxylic acid groups (broad SMARTS) is 1. The van der Waals surface area contributed by atoms with Gasteiger partial charge in [-0.1, -0.05) is 13.8 Å². The van der Waals surface area contributed by atoms with Gasteiger partial charge in [-0.3, -0.25) is 4.79 Å². The highest BCUT2D eigenvalue weighted by molar-refractivity contribution is 5.88. The van der Waals surface area contributed by atoms with E-state index >= 15 is 0 Å². The lowest BCUT2D eigenvalue weighted by Gasteiger charge is -2.17. The number of methoxy groups -OCH3 is 1. The van der Waals surface area contributed by atoms with Crippen molar-refractivity contribution in [3.63, 3.8) is 0 Å². The van der Waals surface area contributed by atoms with Gasteiger partial charge in [0.2, 0.25) is 5.91 Å². The normalized spacial score (nSPS) is 12.2. The summed E-state index contributed by atoms with van der Waals surface area (Å²) in [4.78, 5) is 36.1. The van der Waals surface area contributed by atoms with Gasteiger partial charge in [0.15, 0.2) is 0 Å². The van der Waals surface area contributed by atoms with Crippen molar-refractivity contribution in [3.8, 4) is 5.75 Å². The molecule has 27 heavy (non-hydrogen) atoms. The van der Waals surface area contributed by atoms with Crippen molar-refractivity contribution < 1.29 is 23.8 Å². The molecule has 0 radical (unpaired) electrons. The second-order valence-electron chi connectivity index (χ2n) is 7.03. The van der Waals surface area contributed by atoms with E-state index in [2.05, 4.69) is 5.32 Å². The Kier molecular flexibility index (Phi) is 6.25. The van der Waals surface area contributed by atoms with Crippen LogP contribution in [0.25, 0.3) is 11.0 Å². The molecule has 1 unspecified atom stereocenters. The van der Waals surface area contributed by atoms with Gasteiger partial charge in [0.05, 0.1) is 19.1 Å². The number of nitrogens with one attached hydrogen (secondary N) is 1. The Labute approximate surface area is 157 Å². The number of carbonyl (C=O) groups excluding carboxylic acids is 1. The van der Waals surface area contributed by atoms with Crippen LogP contribution in [-0.4, -0.2) is 30.1 Å².